The van der Waals surface area contributed by atoms with Gasteiger partial charge in [0.05, 0.1) is 0 Å². The smallest absolute Gasteiger partial charge is 0.248 e. The molecule has 2 atom stereocenters. The zero-order valence-electron chi connectivity index (χ0n) is 11.8. The van der Waals surface area contributed by atoms with Crippen molar-refractivity contribution in [3.05, 3.63) is 0 Å². The number of hydrogen-bond acceptors (Lipinski definition) is 2. The minimum absolute atomic E-state index is 0.000646. The Bertz CT molecular complexity index is 324. The molecule has 0 aromatic carbocycles. The van der Waals surface area contributed by atoms with Gasteiger partial charge in [0.2, 0.25) is 5.92 Å². The number of alkyl halides is 2. The van der Waals surface area contributed by atoms with Crippen LogP contribution < -0.4 is 5.32 Å². The monoisotopic (exact) mass is 273 g/mol. The van der Waals surface area contributed by atoms with E-state index in [-0.39, 0.29) is 30.0 Å². The van der Waals surface area contributed by atoms with Crippen LogP contribution in [0.25, 0.3) is 0 Å². The Labute approximate surface area is 114 Å². The highest BCUT2D eigenvalue weighted by Crippen LogP contribution is 2.41. The van der Waals surface area contributed by atoms with Crippen LogP contribution in [0.5, 0.6) is 0 Å². The summed E-state index contributed by atoms with van der Waals surface area (Å²) in [7, 11) is 0. The molecule has 1 heterocycles. The molecule has 2 unspecified atom stereocenters. The van der Waals surface area contributed by atoms with E-state index in [1.54, 1.807) is 0 Å². The maximum Gasteiger partial charge on any atom is 0.248 e. The summed E-state index contributed by atoms with van der Waals surface area (Å²) in [5, 5.41) is 3.26. The summed E-state index contributed by atoms with van der Waals surface area (Å²) >= 11 is 0. The minimum atomic E-state index is -2.55. The molecule has 0 amide bonds. The summed E-state index contributed by atoms with van der Waals surface area (Å²) in [5.74, 6) is -2.43. The third-order valence-corrected chi connectivity index (χ3v) is 4.78. The standard InChI is InChI=1S/C15H25F2NO/c1-2-5-14(7-8-18-11-14)13(19)9-12-4-3-6-15(16,17)10-12/h12,18H,2-11H2,1H3. The number of ketones is 1. The molecule has 0 aromatic heterocycles. The van der Waals surface area contributed by atoms with Gasteiger partial charge in [0.15, 0.2) is 0 Å². The average Bonchev–Trinajstić information content (AvgIpc) is 2.78. The number of nitrogens with one attached hydrogen (secondary N) is 1. The van der Waals surface area contributed by atoms with Crippen LogP contribution in [0, 0.1) is 11.3 Å². The first kappa shape index (κ1) is 14.9. The van der Waals surface area contributed by atoms with Crippen molar-refractivity contribution >= 4 is 5.78 Å². The highest BCUT2D eigenvalue weighted by Gasteiger charge is 2.43. The Hall–Kier alpha value is -0.510. The van der Waals surface area contributed by atoms with Crippen LogP contribution >= 0.6 is 0 Å². The van der Waals surface area contributed by atoms with Crippen molar-refractivity contribution in [2.45, 2.75) is 64.2 Å². The zero-order valence-corrected chi connectivity index (χ0v) is 11.8. The lowest BCUT2D eigenvalue weighted by Crippen LogP contribution is -2.36. The van der Waals surface area contributed by atoms with E-state index in [1.807, 2.05) is 0 Å². The molecule has 1 saturated carbocycles. The Morgan fingerprint density at radius 1 is 1.37 bits per heavy atom. The molecular weight excluding hydrogens is 248 g/mol. The summed E-state index contributed by atoms with van der Waals surface area (Å²) < 4.78 is 26.8. The van der Waals surface area contributed by atoms with Crippen LogP contribution in [0.1, 0.15) is 58.3 Å². The molecular formula is C15H25F2NO. The van der Waals surface area contributed by atoms with Gasteiger partial charge in [-0.2, -0.15) is 0 Å². The Kier molecular flexibility index (Phi) is 4.59. The second-order valence-corrected chi connectivity index (χ2v) is 6.40. The number of carbonyl (C=O) groups excluding carboxylic acids is 1. The SMILES string of the molecule is CCCC1(C(=O)CC2CCCC(F)(F)C2)CCNC1. The quantitative estimate of drug-likeness (QED) is 0.830. The molecule has 19 heavy (non-hydrogen) atoms. The fourth-order valence-corrected chi connectivity index (χ4v) is 3.74. The van der Waals surface area contributed by atoms with Gasteiger partial charge in [0.25, 0.3) is 0 Å². The summed E-state index contributed by atoms with van der Waals surface area (Å²) in [6.45, 7) is 3.71. The molecule has 4 heteroatoms. The third kappa shape index (κ3) is 3.53. The maximum absolute atomic E-state index is 13.4. The molecule has 1 aliphatic heterocycles. The fourth-order valence-electron chi connectivity index (χ4n) is 3.74. The largest absolute Gasteiger partial charge is 0.316 e. The van der Waals surface area contributed by atoms with Crippen LogP contribution in [0.15, 0.2) is 0 Å². The van der Waals surface area contributed by atoms with E-state index in [0.717, 1.165) is 38.8 Å². The van der Waals surface area contributed by atoms with Crippen LogP contribution in [0.2, 0.25) is 0 Å². The minimum Gasteiger partial charge on any atom is -0.316 e. The van der Waals surface area contributed by atoms with E-state index >= 15 is 0 Å². The second kappa shape index (κ2) is 5.86. The average molecular weight is 273 g/mol. The van der Waals surface area contributed by atoms with Crippen molar-refractivity contribution < 1.29 is 13.6 Å². The van der Waals surface area contributed by atoms with Gasteiger partial charge in [-0.3, -0.25) is 4.79 Å². The van der Waals surface area contributed by atoms with E-state index in [2.05, 4.69) is 12.2 Å². The second-order valence-electron chi connectivity index (χ2n) is 6.40. The molecule has 1 saturated heterocycles. The lowest BCUT2D eigenvalue weighted by Gasteiger charge is -2.32. The molecule has 1 N–H and O–H groups in total. The molecule has 2 aliphatic rings. The van der Waals surface area contributed by atoms with Crippen LogP contribution in [0.3, 0.4) is 0 Å². The number of Topliss-reactive ketones (excluding diaryl/α,β-unsaturated/α-hetero) is 1. The van der Waals surface area contributed by atoms with Gasteiger partial charge in [-0.15, -0.1) is 0 Å². The topological polar surface area (TPSA) is 29.1 Å². The van der Waals surface area contributed by atoms with E-state index in [1.165, 1.54) is 0 Å². The first-order valence-corrected chi connectivity index (χ1v) is 7.59. The Morgan fingerprint density at radius 3 is 2.74 bits per heavy atom. The van der Waals surface area contributed by atoms with Gasteiger partial charge >= 0.3 is 0 Å². The van der Waals surface area contributed by atoms with E-state index < -0.39 is 5.92 Å². The van der Waals surface area contributed by atoms with Crippen molar-refractivity contribution in [1.29, 1.82) is 0 Å². The first-order chi connectivity index (χ1) is 8.97. The van der Waals surface area contributed by atoms with E-state index in [4.69, 9.17) is 0 Å². The third-order valence-electron chi connectivity index (χ3n) is 4.78. The predicted molar refractivity (Wildman–Crippen MR) is 71.4 cm³/mol. The van der Waals surface area contributed by atoms with E-state index in [9.17, 15) is 13.6 Å². The van der Waals surface area contributed by atoms with Crippen molar-refractivity contribution in [3.63, 3.8) is 0 Å². The van der Waals surface area contributed by atoms with Gasteiger partial charge in [-0.05, 0) is 38.1 Å². The van der Waals surface area contributed by atoms with Crippen LogP contribution in [-0.4, -0.2) is 24.8 Å². The van der Waals surface area contributed by atoms with Crippen molar-refractivity contribution in [2.75, 3.05) is 13.1 Å². The Morgan fingerprint density at radius 2 is 2.16 bits per heavy atom. The highest BCUT2D eigenvalue weighted by atomic mass is 19.3. The number of carbonyl (C=O) groups is 1. The number of rotatable bonds is 5. The van der Waals surface area contributed by atoms with Crippen molar-refractivity contribution in [1.82, 2.24) is 5.32 Å². The lowest BCUT2D eigenvalue weighted by molar-refractivity contribution is -0.131. The van der Waals surface area contributed by atoms with Crippen molar-refractivity contribution in [2.24, 2.45) is 11.3 Å². The van der Waals surface area contributed by atoms with Gasteiger partial charge in [-0.1, -0.05) is 13.3 Å². The van der Waals surface area contributed by atoms with Gasteiger partial charge < -0.3 is 5.32 Å². The normalized spacial score (nSPS) is 34.4. The van der Waals surface area contributed by atoms with Gasteiger partial charge in [0.1, 0.15) is 5.78 Å². The Balaban J connectivity index is 1.95. The molecule has 0 radical (unpaired) electrons. The first-order valence-electron chi connectivity index (χ1n) is 7.59. The summed E-state index contributed by atoms with van der Waals surface area (Å²) in [6, 6.07) is 0. The molecule has 0 aromatic rings. The van der Waals surface area contributed by atoms with Crippen LogP contribution in [-0.2, 0) is 4.79 Å². The zero-order chi connectivity index (χ0) is 13.9. The maximum atomic E-state index is 13.4. The van der Waals surface area contributed by atoms with E-state index in [0.29, 0.717) is 12.8 Å². The molecule has 1 aliphatic carbocycles. The van der Waals surface area contributed by atoms with Crippen molar-refractivity contribution in [3.8, 4) is 0 Å². The summed E-state index contributed by atoms with van der Waals surface area (Å²) in [6.07, 6.45) is 4.37. The highest BCUT2D eigenvalue weighted by molar-refractivity contribution is 5.85. The predicted octanol–water partition coefficient (Wildman–Crippen LogP) is 3.55. The molecule has 0 spiro atoms. The number of halogens is 2. The summed E-state index contributed by atoms with van der Waals surface area (Å²) in [4.78, 5) is 12.6. The van der Waals surface area contributed by atoms with Crippen LogP contribution in [0.4, 0.5) is 8.78 Å². The summed E-state index contributed by atoms with van der Waals surface area (Å²) in [5.41, 5.74) is -0.262. The molecule has 2 rings (SSSR count). The van der Waals surface area contributed by atoms with Gasteiger partial charge in [-0.25, -0.2) is 8.78 Å². The fraction of sp³-hybridized carbons (Fsp3) is 0.933. The molecule has 110 valence electrons. The lowest BCUT2D eigenvalue weighted by atomic mass is 9.73. The molecule has 2 nitrogen and oxygen atoms in total. The van der Waals surface area contributed by atoms with Gasteiger partial charge in [0, 0.05) is 31.2 Å². The molecule has 0 bridgehead atoms. The molecule has 2 fully saturated rings. The number of hydrogen-bond donors (Lipinski definition) is 1.